The van der Waals surface area contributed by atoms with Crippen molar-refractivity contribution < 1.29 is 19.1 Å². The summed E-state index contributed by atoms with van der Waals surface area (Å²) in [4.78, 5) is 25.3. The standard InChI is InChI=1S/C22H42O2.C14H28O2.C2H6/c1-10-14-22(9,21(6,7)8)20(23)24-19-17(15(2)3)12-11-13-18(19)16(4)5;1-8-14(7,10-13(4,5)6)12(15)16-9-11(2)3;1-2/h15-19H,10-14H2,1-9H3;11H,8-10H2,1-7H3;1-2H3. The van der Waals surface area contributed by atoms with Gasteiger partial charge in [-0.2, -0.15) is 0 Å². The van der Waals surface area contributed by atoms with Crippen molar-refractivity contribution in [2.45, 2.75) is 176 Å². The monoisotopic (exact) mass is 597 g/mol. The molecular formula is C38H76O4. The van der Waals surface area contributed by atoms with Crippen LogP contribution in [-0.2, 0) is 19.1 Å². The third kappa shape index (κ3) is 13.7. The molecule has 0 aliphatic heterocycles. The van der Waals surface area contributed by atoms with Gasteiger partial charge in [-0.25, -0.2) is 0 Å². The molecule has 4 heteroatoms. The molecule has 1 aliphatic carbocycles. The average Bonchev–Trinajstić information content (AvgIpc) is 2.86. The molecule has 0 aromatic rings. The Hall–Kier alpha value is -1.06. The molecule has 42 heavy (non-hydrogen) atoms. The Morgan fingerprint density at radius 3 is 1.52 bits per heavy atom. The van der Waals surface area contributed by atoms with Crippen LogP contribution in [0.3, 0.4) is 0 Å². The summed E-state index contributed by atoms with van der Waals surface area (Å²) in [6.07, 6.45) is 7.34. The van der Waals surface area contributed by atoms with Gasteiger partial charge in [-0.05, 0) is 86.4 Å². The number of ether oxygens (including phenoxy) is 2. The molecule has 252 valence electrons. The highest BCUT2D eigenvalue weighted by atomic mass is 16.5. The van der Waals surface area contributed by atoms with Crippen molar-refractivity contribution in [3.05, 3.63) is 0 Å². The molecule has 1 rings (SSSR count). The number of esters is 2. The average molecular weight is 597 g/mol. The maximum Gasteiger partial charge on any atom is 0.312 e. The lowest BCUT2D eigenvalue weighted by Crippen LogP contribution is -2.48. The molecule has 0 spiro atoms. The van der Waals surface area contributed by atoms with Gasteiger partial charge in [0.2, 0.25) is 0 Å². The van der Waals surface area contributed by atoms with Gasteiger partial charge in [0.05, 0.1) is 17.4 Å². The molecule has 0 bridgehead atoms. The van der Waals surface area contributed by atoms with Crippen molar-refractivity contribution in [2.24, 2.45) is 51.2 Å². The van der Waals surface area contributed by atoms with E-state index in [1.807, 2.05) is 20.8 Å². The highest BCUT2D eigenvalue weighted by Crippen LogP contribution is 2.46. The zero-order valence-electron chi connectivity index (χ0n) is 31.8. The molecule has 1 fully saturated rings. The molecule has 0 saturated heterocycles. The first-order valence-electron chi connectivity index (χ1n) is 17.4. The minimum Gasteiger partial charge on any atom is -0.465 e. The van der Waals surface area contributed by atoms with E-state index in [1.54, 1.807) is 0 Å². The lowest BCUT2D eigenvalue weighted by Gasteiger charge is -2.45. The van der Waals surface area contributed by atoms with Crippen molar-refractivity contribution in [3.8, 4) is 0 Å². The lowest BCUT2D eigenvalue weighted by molar-refractivity contribution is -0.180. The first kappa shape index (κ1) is 43.1. The van der Waals surface area contributed by atoms with E-state index >= 15 is 0 Å². The largest absolute Gasteiger partial charge is 0.465 e. The fraction of sp³-hybridized carbons (Fsp3) is 0.947. The normalized spacial score (nSPS) is 22.3. The van der Waals surface area contributed by atoms with Crippen molar-refractivity contribution in [1.82, 2.24) is 0 Å². The van der Waals surface area contributed by atoms with E-state index in [0.29, 0.717) is 36.2 Å². The molecule has 0 N–H and O–H groups in total. The van der Waals surface area contributed by atoms with E-state index in [9.17, 15) is 9.59 Å². The molecule has 0 aromatic heterocycles. The van der Waals surface area contributed by atoms with Crippen LogP contribution < -0.4 is 0 Å². The summed E-state index contributed by atoms with van der Waals surface area (Å²) in [6.45, 7) is 39.1. The fourth-order valence-electron chi connectivity index (χ4n) is 6.30. The number of hydrogen-bond acceptors (Lipinski definition) is 4. The first-order chi connectivity index (χ1) is 19.1. The number of carbonyl (C=O) groups is 2. The maximum absolute atomic E-state index is 13.3. The van der Waals surface area contributed by atoms with E-state index in [2.05, 4.69) is 104 Å². The zero-order valence-corrected chi connectivity index (χ0v) is 31.8. The molecular weight excluding hydrogens is 520 g/mol. The smallest absolute Gasteiger partial charge is 0.312 e. The summed E-state index contributed by atoms with van der Waals surface area (Å²) in [5, 5.41) is 0. The second kappa shape index (κ2) is 18.7. The van der Waals surface area contributed by atoms with Gasteiger partial charge in [0, 0.05) is 0 Å². The summed E-state index contributed by atoms with van der Waals surface area (Å²) >= 11 is 0. The van der Waals surface area contributed by atoms with Gasteiger partial charge in [0.15, 0.2) is 0 Å². The zero-order chi connectivity index (χ0) is 33.7. The summed E-state index contributed by atoms with van der Waals surface area (Å²) in [6, 6.07) is 0. The predicted octanol–water partition coefficient (Wildman–Crippen LogP) is 11.5. The molecule has 1 aliphatic rings. The molecule has 4 nitrogen and oxygen atoms in total. The number of carbonyl (C=O) groups excluding carboxylic acids is 2. The summed E-state index contributed by atoms with van der Waals surface area (Å²) in [7, 11) is 0. The Kier molecular flexibility index (Phi) is 19.2. The van der Waals surface area contributed by atoms with Gasteiger partial charge in [-0.1, -0.05) is 124 Å². The van der Waals surface area contributed by atoms with Crippen LogP contribution >= 0.6 is 0 Å². The van der Waals surface area contributed by atoms with Crippen molar-refractivity contribution in [3.63, 3.8) is 0 Å². The molecule has 1 saturated carbocycles. The van der Waals surface area contributed by atoms with Crippen LogP contribution in [0.1, 0.15) is 170 Å². The highest BCUT2D eigenvalue weighted by molar-refractivity contribution is 5.77. The van der Waals surface area contributed by atoms with E-state index in [4.69, 9.17) is 9.47 Å². The molecule has 0 amide bonds. The predicted molar refractivity (Wildman–Crippen MR) is 182 cm³/mol. The van der Waals surface area contributed by atoms with Gasteiger partial charge in [0.25, 0.3) is 0 Å². The van der Waals surface area contributed by atoms with Crippen molar-refractivity contribution in [2.75, 3.05) is 6.61 Å². The van der Waals surface area contributed by atoms with Crippen LogP contribution in [0.5, 0.6) is 0 Å². The lowest BCUT2D eigenvalue weighted by atomic mass is 9.65. The van der Waals surface area contributed by atoms with Gasteiger partial charge < -0.3 is 9.47 Å². The molecule has 4 atom stereocenters. The summed E-state index contributed by atoms with van der Waals surface area (Å²) in [5.41, 5.74) is -0.688. The van der Waals surface area contributed by atoms with Crippen LogP contribution in [-0.4, -0.2) is 24.6 Å². The summed E-state index contributed by atoms with van der Waals surface area (Å²) in [5.74, 6) is 2.52. The third-order valence-corrected chi connectivity index (χ3v) is 9.47. The Balaban J connectivity index is 0. The fourth-order valence-corrected chi connectivity index (χ4v) is 6.30. The Bertz CT molecular complexity index is 738. The molecule has 0 heterocycles. The van der Waals surface area contributed by atoms with Crippen LogP contribution in [0.15, 0.2) is 0 Å². The Morgan fingerprint density at radius 1 is 0.762 bits per heavy atom. The molecule has 4 unspecified atom stereocenters. The molecule has 0 radical (unpaired) electrons. The minimum atomic E-state index is -0.414. The highest BCUT2D eigenvalue weighted by Gasteiger charge is 2.48. The van der Waals surface area contributed by atoms with Gasteiger partial charge in [-0.15, -0.1) is 0 Å². The van der Waals surface area contributed by atoms with E-state index in [1.165, 1.54) is 19.3 Å². The second-order valence-electron chi connectivity index (χ2n) is 16.6. The topological polar surface area (TPSA) is 52.6 Å². The number of rotatable bonds is 11. The minimum absolute atomic E-state index is 0.0278. The quantitative estimate of drug-likeness (QED) is 0.223. The Morgan fingerprint density at radius 2 is 1.21 bits per heavy atom. The van der Waals surface area contributed by atoms with Crippen LogP contribution in [0, 0.1) is 51.2 Å². The Labute approximate surface area is 264 Å². The maximum atomic E-state index is 13.3. The van der Waals surface area contributed by atoms with Gasteiger partial charge in [-0.3, -0.25) is 9.59 Å². The molecule has 0 aromatic carbocycles. The summed E-state index contributed by atoms with van der Waals surface area (Å²) < 4.78 is 11.7. The van der Waals surface area contributed by atoms with Crippen LogP contribution in [0.25, 0.3) is 0 Å². The van der Waals surface area contributed by atoms with E-state index < -0.39 is 5.41 Å². The van der Waals surface area contributed by atoms with Gasteiger partial charge >= 0.3 is 11.9 Å². The third-order valence-electron chi connectivity index (χ3n) is 9.47. The second-order valence-corrected chi connectivity index (χ2v) is 16.6. The van der Waals surface area contributed by atoms with Crippen molar-refractivity contribution >= 4 is 11.9 Å². The van der Waals surface area contributed by atoms with E-state index in [-0.39, 0.29) is 34.3 Å². The van der Waals surface area contributed by atoms with E-state index in [0.717, 1.165) is 25.7 Å². The van der Waals surface area contributed by atoms with Gasteiger partial charge in [0.1, 0.15) is 6.10 Å². The first-order valence-corrected chi connectivity index (χ1v) is 17.4. The van der Waals surface area contributed by atoms with Crippen molar-refractivity contribution in [1.29, 1.82) is 0 Å². The SMILES string of the molecule is CC.CCC(C)(CC(C)(C)C)C(=O)OCC(C)C.CCCC(C)(C(=O)OC1C(C(C)C)CCCC1C(C)C)C(C)(C)C. The number of hydrogen-bond donors (Lipinski definition) is 0. The van der Waals surface area contributed by atoms with Crippen LogP contribution in [0.2, 0.25) is 0 Å². The van der Waals surface area contributed by atoms with Crippen LogP contribution in [0.4, 0.5) is 0 Å².